The van der Waals surface area contributed by atoms with Crippen LogP contribution in [0, 0.1) is 12.3 Å². The van der Waals surface area contributed by atoms with E-state index in [1.54, 1.807) is 21.9 Å². The zero-order valence-electron chi connectivity index (χ0n) is 16.3. The van der Waals surface area contributed by atoms with Gasteiger partial charge in [-0.15, -0.1) is 0 Å². The first-order valence-corrected chi connectivity index (χ1v) is 9.07. The largest absolute Gasteiger partial charge is 0.383 e. The Morgan fingerprint density at radius 1 is 1.30 bits per heavy atom. The van der Waals surface area contributed by atoms with E-state index in [0.717, 1.165) is 5.69 Å². The predicted molar refractivity (Wildman–Crippen MR) is 98.1 cm³/mol. The molecule has 1 aromatic heterocycles. The van der Waals surface area contributed by atoms with Crippen LogP contribution in [-0.4, -0.2) is 83.5 Å². The Balaban J connectivity index is 1.88. The highest BCUT2D eigenvalue weighted by atomic mass is 16.5. The number of pyridine rings is 1. The summed E-state index contributed by atoms with van der Waals surface area (Å²) in [6.07, 6.45) is 0. The van der Waals surface area contributed by atoms with Crippen LogP contribution in [0.5, 0.6) is 0 Å². The second-order valence-corrected chi connectivity index (χ2v) is 7.92. The van der Waals surface area contributed by atoms with Gasteiger partial charge >= 0.3 is 6.03 Å². The van der Waals surface area contributed by atoms with Gasteiger partial charge in [0, 0.05) is 31.3 Å². The Morgan fingerprint density at radius 3 is 2.70 bits per heavy atom. The third-order valence-corrected chi connectivity index (χ3v) is 4.93. The molecule has 2 aliphatic heterocycles. The molecule has 8 heteroatoms. The summed E-state index contributed by atoms with van der Waals surface area (Å²) in [5, 5.41) is 0. The van der Waals surface area contributed by atoms with Crippen molar-refractivity contribution in [1.82, 2.24) is 19.7 Å². The minimum atomic E-state index is -0.662. The summed E-state index contributed by atoms with van der Waals surface area (Å²) >= 11 is 0. The average molecular weight is 374 g/mol. The summed E-state index contributed by atoms with van der Waals surface area (Å²) in [4.78, 5) is 47.4. The lowest BCUT2D eigenvalue weighted by atomic mass is 9.92. The summed E-state index contributed by atoms with van der Waals surface area (Å²) in [6, 6.07) is 4.33. The highest BCUT2D eigenvalue weighted by Gasteiger charge is 2.50. The van der Waals surface area contributed by atoms with Crippen molar-refractivity contribution in [2.75, 3.05) is 39.9 Å². The standard InChI is InChI=1S/C19H26N4O4/c1-13-6-5-7-14(20-13)16(24)21-10-15-17(25)22(8-9-27-4)18(26)23(15)12-19(2,3)11-21/h5-7,15H,8-12H2,1-4H3. The van der Waals surface area contributed by atoms with Crippen molar-refractivity contribution < 1.29 is 19.1 Å². The molecule has 27 heavy (non-hydrogen) atoms. The molecular formula is C19H26N4O4. The quantitative estimate of drug-likeness (QED) is 0.739. The van der Waals surface area contributed by atoms with Crippen molar-refractivity contribution in [2.45, 2.75) is 26.8 Å². The molecule has 0 saturated carbocycles. The van der Waals surface area contributed by atoms with Crippen LogP contribution in [0.3, 0.4) is 0 Å². The lowest BCUT2D eigenvalue weighted by Gasteiger charge is -2.30. The molecular weight excluding hydrogens is 348 g/mol. The zero-order chi connectivity index (χ0) is 19.8. The number of hydrogen-bond donors (Lipinski definition) is 0. The van der Waals surface area contributed by atoms with Crippen molar-refractivity contribution in [3.63, 3.8) is 0 Å². The van der Waals surface area contributed by atoms with E-state index in [9.17, 15) is 14.4 Å². The number of aromatic nitrogens is 1. The van der Waals surface area contributed by atoms with E-state index in [1.807, 2.05) is 26.8 Å². The van der Waals surface area contributed by atoms with Crippen LogP contribution in [-0.2, 0) is 9.53 Å². The average Bonchev–Trinajstić information content (AvgIpc) is 2.75. The maximum absolute atomic E-state index is 13.0. The topological polar surface area (TPSA) is 83.1 Å². The fourth-order valence-electron chi connectivity index (χ4n) is 3.72. The van der Waals surface area contributed by atoms with Crippen molar-refractivity contribution in [1.29, 1.82) is 0 Å². The third-order valence-electron chi connectivity index (χ3n) is 4.93. The molecule has 2 saturated heterocycles. The summed E-state index contributed by atoms with van der Waals surface area (Å²) in [5.74, 6) is -0.492. The van der Waals surface area contributed by atoms with E-state index in [4.69, 9.17) is 4.74 Å². The highest BCUT2D eigenvalue weighted by Crippen LogP contribution is 2.30. The van der Waals surface area contributed by atoms with Gasteiger partial charge in [0.25, 0.3) is 11.8 Å². The number of methoxy groups -OCH3 is 1. The van der Waals surface area contributed by atoms with E-state index >= 15 is 0 Å². The minimum absolute atomic E-state index is 0.173. The Hall–Kier alpha value is -2.48. The number of carbonyl (C=O) groups excluding carboxylic acids is 3. The molecule has 0 N–H and O–H groups in total. The van der Waals surface area contributed by atoms with Gasteiger partial charge in [0.2, 0.25) is 0 Å². The minimum Gasteiger partial charge on any atom is -0.383 e. The Morgan fingerprint density at radius 2 is 2.04 bits per heavy atom. The number of aryl methyl sites for hydroxylation is 1. The van der Waals surface area contributed by atoms with Crippen molar-refractivity contribution >= 4 is 17.8 Å². The normalized spacial score (nSPS) is 22.1. The van der Waals surface area contributed by atoms with Crippen LogP contribution in [0.25, 0.3) is 0 Å². The van der Waals surface area contributed by atoms with Gasteiger partial charge in [-0.2, -0.15) is 0 Å². The first-order valence-electron chi connectivity index (χ1n) is 9.07. The number of nitrogens with zero attached hydrogens (tertiary/aromatic N) is 4. The van der Waals surface area contributed by atoms with Gasteiger partial charge in [-0.25, -0.2) is 9.78 Å². The molecule has 0 bridgehead atoms. The summed E-state index contributed by atoms with van der Waals surface area (Å²) < 4.78 is 5.01. The number of rotatable bonds is 4. The lowest BCUT2D eigenvalue weighted by molar-refractivity contribution is -0.128. The van der Waals surface area contributed by atoms with Gasteiger partial charge in [0.1, 0.15) is 11.7 Å². The molecule has 146 valence electrons. The van der Waals surface area contributed by atoms with E-state index in [0.29, 0.717) is 18.8 Å². The van der Waals surface area contributed by atoms with Gasteiger partial charge < -0.3 is 14.5 Å². The molecule has 1 atom stereocenters. The van der Waals surface area contributed by atoms with Crippen LogP contribution in [0.1, 0.15) is 30.0 Å². The molecule has 4 amide bonds. The molecule has 1 aromatic rings. The molecule has 0 aromatic carbocycles. The van der Waals surface area contributed by atoms with Gasteiger partial charge in [-0.05, 0) is 19.1 Å². The first kappa shape index (κ1) is 19.3. The number of ether oxygens (including phenoxy) is 1. The van der Waals surface area contributed by atoms with Gasteiger partial charge in [0.15, 0.2) is 0 Å². The molecule has 0 radical (unpaired) electrons. The Labute approximate surface area is 159 Å². The van der Waals surface area contributed by atoms with Crippen LogP contribution in [0.4, 0.5) is 4.79 Å². The van der Waals surface area contributed by atoms with Crippen molar-refractivity contribution in [2.24, 2.45) is 5.41 Å². The molecule has 3 rings (SSSR count). The number of urea groups is 1. The van der Waals surface area contributed by atoms with Gasteiger partial charge in [-0.3, -0.25) is 14.5 Å². The monoisotopic (exact) mass is 374 g/mol. The third kappa shape index (κ3) is 3.80. The van der Waals surface area contributed by atoms with E-state index in [2.05, 4.69) is 4.98 Å². The number of amides is 4. The van der Waals surface area contributed by atoms with E-state index in [1.165, 1.54) is 12.0 Å². The van der Waals surface area contributed by atoms with Crippen LogP contribution >= 0.6 is 0 Å². The summed E-state index contributed by atoms with van der Waals surface area (Å²) in [7, 11) is 1.53. The summed E-state index contributed by atoms with van der Waals surface area (Å²) in [5.41, 5.74) is 0.767. The van der Waals surface area contributed by atoms with Gasteiger partial charge in [0.05, 0.1) is 19.7 Å². The van der Waals surface area contributed by atoms with Crippen molar-refractivity contribution in [3.8, 4) is 0 Å². The predicted octanol–water partition coefficient (Wildman–Crippen LogP) is 1.15. The maximum atomic E-state index is 13.0. The van der Waals surface area contributed by atoms with Crippen LogP contribution < -0.4 is 0 Å². The van der Waals surface area contributed by atoms with Crippen LogP contribution in [0.2, 0.25) is 0 Å². The lowest BCUT2D eigenvalue weighted by Crippen LogP contribution is -2.44. The molecule has 8 nitrogen and oxygen atoms in total. The first-order chi connectivity index (χ1) is 12.7. The molecule has 1 unspecified atom stereocenters. The molecule has 2 fully saturated rings. The highest BCUT2D eigenvalue weighted by molar-refractivity contribution is 6.05. The molecule has 2 aliphatic rings. The fourth-order valence-corrected chi connectivity index (χ4v) is 3.72. The number of imide groups is 1. The molecule has 3 heterocycles. The smallest absolute Gasteiger partial charge is 0.327 e. The zero-order valence-corrected chi connectivity index (χ0v) is 16.3. The number of hydrogen-bond acceptors (Lipinski definition) is 5. The second-order valence-electron chi connectivity index (χ2n) is 7.92. The second kappa shape index (κ2) is 7.26. The SMILES string of the molecule is COCCN1C(=O)C2CN(C(=O)c3cccc(C)n3)CC(C)(C)CN2C1=O. The maximum Gasteiger partial charge on any atom is 0.327 e. The summed E-state index contributed by atoms with van der Waals surface area (Å²) in [6.45, 7) is 7.36. The molecule has 0 spiro atoms. The van der Waals surface area contributed by atoms with Crippen molar-refractivity contribution in [3.05, 3.63) is 29.6 Å². The number of carbonyl (C=O) groups is 3. The Kier molecular flexibility index (Phi) is 5.19. The van der Waals surface area contributed by atoms with Gasteiger partial charge in [-0.1, -0.05) is 19.9 Å². The fraction of sp³-hybridized carbons (Fsp3) is 0.579. The van der Waals surface area contributed by atoms with E-state index < -0.39 is 6.04 Å². The Bertz CT molecular complexity index is 764. The van der Waals surface area contributed by atoms with E-state index in [-0.39, 0.29) is 43.0 Å². The number of fused-ring (bicyclic) bond motifs is 1. The van der Waals surface area contributed by atoms with Crippen LogP contribution in [0.15, 0.2) is 18.2 Å². The molecule has 0 aliphatic carbocycles.